The smallest absolute Gasteiger partial charge is 0.239 e. The second-order valence-electron chi connectivity index (χ2n) is 3.63. The lowest BCUT2D eigenvalue weighted by atomic mass is 10.2. The molecule has 0 heterocycles. The van der Waals surface area contributed by atoms with Gasteiger partial charge in [0.1, 0.15) is 5.75 Å². The van der Waals surface area contributed by atoms with E-state index in [2.05, 4.69) is 10.6 Å². The topological polar surface area (TPSA) is 76.4 Å². The first-order chi connectivity index (χ1) is 8.19. The van der Waals surface area contributed by atoms with Gasteiger partial charge in [0, 0.05) is 6.54 Å². The number of hydrogen-bond donors (Lipinski definition) is 3. The molecule has 1 aromatic rings. The van der Waals surface area contributed by atoms with Crippen LogP contribution >= 0.6 is 0 Å². The van der Waals surface area contributed by atoms with Crippen molar-refractivity contribution in [2.45, 2.75) is 13.3 Å². The van der Waals surface area contributed by atoms with E-state index in [9.17, 15) is 4.79 Å². The number of nitrogens with two attached hydrogens (primary N) is 1. The zero-order valence-electron chi connectivity index (χ0n) is 10.2. The average molecular weight is 237 g/mol. The van der Waals surface area contributed by atoms with Crippen LogP contribution in [-0.2, 0) is 4.79 Å². The number of carbonyl (C=O) groups is 1. The van der Waals surface area contributed by atoms with Crippen LogP contribution in [0.3, 0.4) is 0 Å². The molecule has 17 heavy (non-hydrogen) atoms. The van der Waals surface area contributed by atoms with Crippen molar-refractivity contribution in [3.63, 3.8) is 0 Å². The summed E-state index contributed by atoms with van der Waals surface area (Å²) >= 11 is 0. The molecule has 94 valence electrons. The second-order valence-corrected chi connectivity index (χ2v) is 3.63. The minimum Gasteiger partial charge on any atom is -0.495 e. The van der Waals surface area contributed by atoms with Crippen molar-refractivity contribution in [1.29, 1.82) is 0 Å². The van der Waals surface area contributed by atoms with E-state index in [1.807, 2.05) is 19.1 Å². The summed E-state index contributed by atoms with van der Waals surface area (Å²) in [5.74, 6) is 0.554. The molecule has 0 aromatic heterocycles. The van der Waals surface area contributed by atoms with Gasteiger partial charge < -0.3 is 21.1 Å². The highest BCUT2D eigenvalue weighted by molar-refractivity contribution is 5.83. The summed E-state index contributed by atoms with van der Waals surface area (Å²) in [6.45, 7) is 2.90. The molecule has 0 spiro atoms. The monoisotopic (exact) mass is 237 g/mol. The zero-order chi connectivity index (χ0) is 12.7. The Morgan fingerprint density at radius 3 is 2.88 bits per heavy atom. The van der Waals surface area contributed by atoms with Crippen molar-refractivity contribution in [3.05, 3.63) is 18.2 Å². The van der Waals surface area contributed by atoms with Crippen molar-refractivity contribution in [1.82, 2.24) is 5.32 Å². The van der Waals surface area contributed by atoms with Gasteiger partial charge in [0.25, 0.3) is 0 Å². The van der Waals surface area contributed by atoms with E-state index in [0.717, 1.165) is 6.42 Å². The number of benzene rings is 1. The normalized spacial score (nSPS) is 9.76. The van der Waals surface area contributed by atoms with Gasteiger partial charge in [-0.15, -0.1) is 0 Å². The van der Waals surface area contributed by atoms with Gasteiger partial charge in [0.15, 0.2) is 0 Å². The van der Waals surface area contributed by atoms with Crippen molar-refractivity contribution in [2.75, 3.05) is 31.2 Å². The van der Waals surface area contributed by atoms with Gasteiger partial charge in [0.2, 0.25) is 5.91 Å². The van der Waals surface area contributed by atoms with Crippen LogP contribution in [0.2, 0.25) is 0 Å². The molecule has 0 saturated carbocycles. The predicted molar refractivity (Wildman–Crippen MR) is 69.2 cm³/mol. The fraction of sp³-hybridized carbons (Fsp3) is 0.417. The van der Waals surface area contributed by atoms with Crippen LogP contribution in [0.4, 0.5) is 11.4 Å². The highest BCUT2D eigenvalue weighted by Gasteiger charge is 2.06. The first kappa shape index (κ1) is 13.2. The van der Waals surface area contributed by atoms with Crippen LogP contribution in [0.1, 0.15) is 13.3 Å². The molecule has 0 radical (unpaired) electrons. The molecular formula is C12H19N3O2. The van der Waals surface area contributed by atoms with Crippen LogP contribution in [0.5, 0.6) is 5.75 Å². The molecule has 0 aliphatic carbocycles. The number of hydrogen-bond acceptors (Lipinski definition) is 4. The molecule has 0 fully saturated rings. The van der Waals surface area contributed by atoms with E-state index < -0.39 is 0 Å². The van der Waals surface area contributed by atoms with Crippen molar-refractivity contribution in [3.8, 4) is 5.75 Å². The molecule has 5 nitrogen and oxygen atoms in total. The third-order valence-corrected chi connectivity index (χ3v) is 2.30. The molecular weight excluding hydrogens is 218 g/mol. The average Bonchev–Trinajstić information content (AvgIpc) is 2.35. The minimum atomic E-state index is -0.0472. The SMILES string of the molecule is CCCNC(=O)CNc1cccc(OC)c1N. The predicted octanol–water partition coefficient (Wildman–Crippen LogP) is 1.22. The lowest BCUT2D eigenvalue weighted by Gasteiger charge is -2.11. The first-order valence-corrected chi connectivity index (χ1v) is 5.62. The van der Waals surface area contributed by atoms with Crippen molar-refractivity contribution in [2.24, 2.45) is 0 Å². The Labute approximate surface area is 101 Å². The number of ether oxygens (including phenoxy) is 1. The summed E-state index contributed by atoms with van der Waals surface area (Å²) in [6, 6.07) is 5.41. The maximum atomic E-state index is 11.4. The molecule has 0 saturated heterocycles. The Hall–Kier alpha value is -1.91. The van der Waals surface area contributed by atoms with Crippen molar-refractivity contribution >= 4 is 17.3 Å². The van der Waals surface area contributed by atoms with Gasteiger partial charge in [-0.25, -0.2) is 0 Å². The highest BCUT2D eigenvalue weighted by Crippen LogP contribution is 2.28. The summed E-state index contributed by atoms with van der Waals surface area (Å²) in [4.78, 5) is 11.4. The van der Waals surface area contributed by atoms with Crippen LogP contribution < -0.4 is 21.1 Å². The Kier molecular flexibility index (Phi) is 5.13. The Bertz CT molecular complexity index is 380. The number of carbonyl (C=O) groups excluding carboxylic acids is 1. The van der Waals surface area contributed by atoms with E-state index in [1.54, 1.807) is 13.2 Å². The second kappa shape index (κ2) is 6.62. The van der Waals surface area contributed by atoms with Gasteiger partial charge in [-0.3, -0.25) is 4.79 Å². The fourth-order valence-corrected chi connectivity index (χ4v) is 1.38. The van der Waals surface area contributed by atoms with Gasteiger partial charge in [-0.2, -0.15) is 0 Å². The third-order valence-electron chi connectivity index (χ3n) is 2.30. The zero-order valence-corrected chi connectivity index (χ0v) is 10.2. The molecule has 1 amide bonds. The minimum absolute atomic E-state index is 0.0472. The molecule has 0 unspecified atom stereocenters. The quantitative estimate of drug-likeness (QED) is 0.650. The summed E-state index contributed by atoms with van der Waals surface area (Å²) in [7, 11) is 1.56. The number of methoxy groups -OCH3 is 1. The lowest BCUT2D eigenvalue weighted by molar-refractivity contribution is -0.119. The van der Waals surface area contributed by atoms with E-state index in [0.29, 0.717) is 23.7 Å². The van der Waals surface area contributed by atoms with E-state index in [4.69, 9.17) is 10.5 Å². The van der Waals surface area contributed by atoms with Gasteiger partial charge in [0.05, 0.1) is 25.0 Å². The van der Waals surface area contributed by atoms with Gasteiger partial charge in [-0.1, -0.05) is 13.0 Å². The standard InChI is InChI=1S/C12H19N3O2/c1-3-7-14-11(16)8-15-9-5-4-6-10(17-2)12(9)13/h4-6,15H,3,7-8,13H2,1-2H3,(H,14,16). The molecule has 1 aromatic carbocycles. The van der Waals surface area contributed by atoms with E-state index in [1.165, 1.54) is 0 Å². The molecule has 4 N–H and O–H groups in total. The van der Waals surface area contributed by atoms with Crippen molar-refractivity contribution < 1.29 is 9.53 Å². The summed E-state index contributed by atoms with van der Waals surface area (Å²) in [6.07, 6.45) is 0.924. The molecule has 0 atom stereocenters. The molecule has 5 heteroatoms. The van der Waals surface area contributed by atoms with Crippen LogP contribution in [-0.4, -0.2) is 26.1 Å². The number of nitrogen functional groups attached to an aromatic ring is 1. The Morgan fingerprint density at radius 1 is 1.47 bits per heavy atom. The molecule has 0 aliphatic rings. The van der Waals surface area contributed by atoms with E-state index in [-0.39, 0.29) is 12.5 Å². The summed E-state index contributed by atoms with van der Waals surface area (Å²) in [5.41, 5.74) is 7.08. The number of anilines is 2. The Morgan fingerprint density at radius 2 is 2.24 bits per heavy atom. The largest absolute Gasteiger partial charge is 0.495 e. The number of para-hydroxylation sites is 1. The number of nitrogens with one attached hydrogen (secondary N) is 2. The lowest BCUT2D eigenvalue weighted by Crippen LogP contribution is -2.30. The third kappa shape index (κ3) is 3.86. The molecule has 0 bridgehead atoms. The van der Waals surface area contributed by atoms with E-state index >= 15 is 0 Å². The fourth-order valence-electron chi connectivity index (χ4n) is 1.38. The van der Waals surface area contributed by atoms with Gasteiger partial charge >= 0.3 is 0 Å². The number of amides is 1. The van der Waals surface area contributed by atoms with Crippen LogP contribution in [0.15, 0.2) is 18.2 Å². The van der Waals surface area contributed by atoms with Gasteiger partial charge in [-0.05, 0) is 18.6 Å². The molecule has 1 rings (SSSR count). The van der Waals surface area contributed by atoms with Crippen LogP contribution in [0, 0.1) is 0 Å². The number of rotatable bonds is 6. The molecule has 0 aliphatic heterocycles. The maximum absolute atomic E-state index is 11.4. The highest BCUT2D eigenvalue weighted by atomic mass is 16.5. The van der Waals surface area contributed by atoms with Crippen LogP contribution in [0.25, 0.3) is 0 Å². The summed E-state index contributed by atoms with van der Waals surface area (Å²) in [5, 5.41) is 5.76. The maximum Gasteiger partial charge on any atom is 0.239 e. The summed E-state index contributed by atoms with van der Waals surface area (Å²) < 4.78 is 5.09. The first-order valence-electron chi connectivity index (χ1n) is 5.62. The Balaban J connectivity index is 2.54.